The van der Waals surface area contributed by atoms with Crippen molar-refractivity contribution < 1.29 is 14.3 Å². The van der Waals surface area contributed by atoms with E-state index in [1.165, 1.54) is 0 Å². The van der Waals surface area contributed by atoms with Gasteiger partial charge in [-0.25, -0.2) is 4.90 Å². The highest BCUT2D eigenvalue weighted by molar-refractivity contribution is 6.46. The van der Waals surface area contributed by atoms with Crippen LogP contribution in [0.4, 0.5) is 11.4 Å². The molecule has 4 rings (SSSR count). The third kappa shape index (κ3) is 4.09. The van der Waals surface area contributed by atoms with Crippen LogP contribution in [0.5, 0.6) is 5.75 Å². The number of rotatable bonds is 6. The van der Waals surface area contributed by atoms with Gasteiger partial charge in [-0.15, -0.1) is 0 Å². The molecule has 0 saturated heterocycles. The lowest BCUT2D eigenvalue weighted by molar-refractivity contribution is -0.120. The van der Waals surface area contributed by atoms with Gasteiger partial charge in [0.1, 0.15) is 11.4 Å². The molecule has 2 amide bonds. The Morgan fingerprint density at radius 3 is 2.31 bits per heavy atom. The molecule has 1 aliphatic rings. The van der Waals surface area contributed by atoms with Gasteiger partial charge in [0.2, 0.25) is 0 Å². The van der Waals surface area contributed by atoms with Crippen molar-refractivity contribution in [3.05, 3.63) is 93.6 Å². The number of aryl methyl sites for hydroxylation is 1. The molecule has 1 aliphatic heterocycles. The fourth-order valence-corrected chi connectivity index (χ4v) is 3.83. The first-order valence-electron chi connectivity index (χ1n) is 10.0. The van der Waals surface area contributed by atoms with E-state index in [2.05, 4.69) is 5.32 Å². The van der Waals surface area contributed by atoms with Crippen molar-refractivity contribution in [2.75, 3.05) is 16.8 Å². The highest BCUT2D eigenvalue weighted by Gasteiger charge is 2.41. The Hall–Kier alpha value is -3.28. The zero-order valence-corrected chi connectivity index (χ0v) is 19.0. The van der Waals surface area contributed by atoms with Gasteiger partial charge >= 0.3 is 0 Å². The van der Waals surface area contributed by atoms with Crippen LogP contribution < -0.4 is 15.0 Å². The predicted octanol–water partition coefficient (Wildman–Crippen LogP) is 6.10. The van der Waals surface area contributed by atoms with Crippen molar-refractivity contribution in [3.63, 3.8) is 0 Å². The number of carbonyl (C=O) groups is 2. The Morgan fingerprint density at radius 2 is 1.59 bits per heavy atom. The largest absolute Gasteiger partial charge is 0.492 e. The maximum atomic E-state index is 13.6. The highest BCUT2D eigenvalue weighted by atomic mass is 35.5. The van der Waals surface area contributed by atoms with Crippen LogP contribution in [0.1, 0.15) is 18.1 Å². The van der Waals surface area contributed by atoms with Crippen molar-refractivity contribution in [3.8, 4) is 5.75 Å². The SMILES string of the molecule is CCOc1ccccc1N1C(=O)C(Nc2cc(Cl)ccc2C)=C(c2ccc(Cl)cc2)C1=O. The third-order valence-corrected chi connectivity index (χ3v) is 5.57. The van der Waals surface area contributed by atoms with E-state index in [1.807, 2.05) is 19.9 Å². The number of imide groups is 1. The van der Waals surface area contributed by atoms with Crippen molar-refractivity contribution in [1.29, 1.82) is 0 Å². The van der Waals surface area contributed by atoms with Crippen LogP contribution in [0, 0.1) is 6.92 Å². The van der Waals surface area contributed by atoms with E-state index in [9.17, 15) is 9.59 Å². The molecule has 0 atom stereocenters. The van der Waals surface area contributed by atoms with E-state index in [0.717, 1.165) is 10.5 Å². The van der Waals surface area contributed by atoms with Crippen molar-refractivity contribution in [1.82, 2.24) is 0 Å². The zero-order valence-electron chi connectivity index (χ0n) is 17.5. The number of amides is 2. The number of hydrogen-bond donors (Lipinski definition) is 1. The minimum Gasteiger partial charge on any atom is -0.492 e. The summed E-state index contributed by atoms with van der Waals surface area (Å²) in [7, 11) is 0. The quantitative estimate of drug-likeness (QED) is 0.446. The molecule has 0 saturated carbocycles. The maximum absolute atomic E-state index is 13.6. The van der Waals surface area contributed by atoms with Crippen LogP contribution in [0.2, 0.25) is 10.0 Å². The number of ether oxygens (including phenoxy) is 1. The van der Waals surface area contributed by atoms with E-state index < -0.39 is 11.8 Å². The summed E-state index contributed by atoms with van der Waals surface area (Å²) in [5.41, 5.74) is 2.89. The molecule has 0 fully saturated rings. The first-order chi connectivity index (χ1) is 15.4. The first-order valence-corrected chi connectivity index (χ1v) is 10.8. The molecular weight excluding hydrogens is 447 g/mol. The first kappa shape index (κ1) is 21.9. The van der Waals surface area contributed by atoms with E-state index in [0.29, 0.717) is 39.3 Å². The Labute approximate surface area is 196 Å². The van der Waals surface area contributed by atoms with E-state index >= 15 is 0 Å². The monoisotopic (exact) mass is 466 g/mol. The number of para-hydroxylation sites is 2. The van der Waals surface area contributed by atoms with Gasteiger partial charge in [-0.1, -0.05) is 53.5 Å². The zero-order chi connectivity index (χ0) is 22.8. The summed E-state index contributed by atoms with van der Waals surface area (Å²) in [5.74, 6) is -0.481. The van der Waals surface area contributed by atoms with Crippen LogP contribution in [-0.4, -0.2) is 18.4 Å². The summed E-state index contributed by atoms with van der Waals surface area (Å²) >= 11 is 12.2. The Balaban J connectivity index is 1.86. The average molecular weight is 467 g/mol. The number of halogens is 2. The van der Waals surface area contributed by atoms with Gasteiger partial charge in [0, 0.05) is 15.7 Å². The topological polar surface area (TPSA) is 58.6 Å². The second kappa shape index (κ2) is 9.07. The lowest BCUT2D eigenvalue weighted by atomic mass is 10.0. The minimum atomic E-state index is -0.480. The second-order valence-corrected chi connectivity index (χ2v) is 8.06. The molecule has 5 nitrogen and oxygen atoms in total. The molecule has 0 unspecified atom stereocenters. The number of nitrogens with zero attached hydrogens (tertiary/aromatic N) is 1. The Bertz CT molecular complexity index is 1240. The summed E-state index contributed by atoms with van der Waals surface area (Å²) in [5, 5.41) is 4.20. The molecule has 1 heterocycles. The molecule has 0 aromatic heterocycles. The van der Waals surface area contributed by atoms with Gasteiger partial charge in [-0.2, -0.15) is 0 Å². The van der Waals surface area contributed by atoms with Crippen LogP contribution in [-0.2, 0) is 9.59 Å². The van der Waals surface area contributed by atoms with Crippen LogP contribution in [0.3, 0.4) is 0 Å². The maximum Gasteiger partial charge on any atom is 0.282 e. The predicted molar refractivity (Wildman–Crippen MR) is 128 cm³/mol. The number of benzene rings is 3. The standard InChI is InChI=1S/C25H20Cl2N2O3/c1-3-32-21-7-5-4-6-20(21)29-24(30)22(16-9-12-17(26)13-10-16)23(25(29)31)28-19-14-18(27)11-8-15(19)2/h4-14,28H,3H2,1-2H3. The molecule has 0 aliphatic carbocycles. The molecule has 32 heavy (non-hydrogen) atoms. The fourth-order valence-electron chi connectivity index (χ4n) is 3.53. The van der Waals surface area contributed by atoms with Gasteiger partial charge in [-0.3, -0.25) is 9.59 Å². The molecule has 0 spiro atoms. The lowest BCUT2D eigenvalue weighted by Gasteiger charge is -2.19. The molecular formula is C25H20Cl2N2O3. The number of carbonyl (C=O) groups excluding carboxylic acids is 2. The van der Waals surface area contributed by atoms with Crippen molar-refractivity contribution in [2.24, 2.45) is 0 Å². The molecule has 3 aromatic carbocycles. The summed E-state index contributed by atoms with van der Waals surface area (Å²) in [6, 6.07) is 19.1. The van der Waals surface area contributed by atoms with E-state index in [4.69, 9.17) is 27.9 Å². The number of nitrogens with one attached hydrogen (secondary N) is 1. The summed E-state index contributed by atoms with van der Waals surface area (Å²) in [6.45, 7) is 4.14. The molecule has 1 N–H and O–H groups in total. The lowest BCUT2D eigenvalue weighted by Crippen LogP contribution is -2.32. The molecule has 162 valence electrons. The van der Waals surface area contributed by atoms with Crippen LogP contribution >= 0.6 is 23.2 Å². The van der Waals surface area contributed by atoms with E-state index in [-0.39, 0.29) is 11.3 Å². The van der Waals surface area contributed by atoms with E-state index in [1.54, 1.807) is 60.7 Å². The molecule has 3 aromatic rings. The number of anilines is 2. The summed E-state index contributed by atoms with van der Waals surface area (Å²) in [6.07, 6.45) is 0. The van der Waals surface area contributed by atoms with Crippen molar-refractivity contribution >= 4 is 52.0 Å². The number of hydrogen-bond acceptors (Lipinski definition) is 4. The highest BCUT2D eigenvalue weighted by Crippen LogP contribution is 2.38. The average Bonchev–Trinajstić information content (AvgIpc) is 3.01. The minimum absolute atomic E-state index is 0.161. The van der Waals surface area contributed by atoms with Gasteiger partial charge in [0.05, 0.1) is 17.9 Å². The third-order valence-electron chi connectivity index (χ3n) is 5.08. The van der Waals surface area contributed by atoms with Crippen LogP contribution in [0.15, 0.2) is 72.4 Å². The van der Waals surface area contributed by atoms with Gasteiger partial charge in [-0.05, 0) is 61.4 Å². The van der Waals surface area contributed by atoms with Gasteiger partial charge in [0.25, 0.3) is 11.8 Å². The Morgan fingerprint density at radius 1 is 0.906 bits per heavy atom. The molecule has 0 radical (unpaired) electrons. The van der Waals surface area contributed by atoms with Crippen LogP contribution in [0.25, 0.3) is 5.57 Å². The second-order valence-electron chi connectivity index (χ2n) is 7.19. The van der Waals surface area contributed by atoms with Gasteiger partial charge in [0.15, 0.2) is 0 Å². The summed E-state index contributed by atoms with van der Waals surface area (Å²) in [4.78, 5) is 28.3. The Kier molecular flexibility index (Phi) is 6.21. The molecule has 0 bridgehead atoms. The fraction of sp³-hybridized carbons (Fsp3) is 0.120. The van der Waals surface area contributed by atoms with Crippen molar-refractivity contribution in [2.45, 2.75) is 13.8 Å². The van der Waals surface area contributed by atoms with Gasteiger partial charge < -0.3 is 10.1 Å². The molecule has 7 heteroatoms. The summed E-state index contributed by atoms with van der Waals surface area (Å²) < 4.78 is 5.67. The smallest absolute Gasteiger partial charge is 0.282 e. The normalized spacial score (nSPS) is 13.7.